The first kappa shape index (κ1) is 22.2. The summed E-state index contributed by atoms with van der Waals surface area (Å²) in [5, 5.41) is 2.58. The average Bonchev–Trinajstić information content (AvgIpc) is 2.70. The summed E-state index contributed by atoms with van der Waals surface area (Å²) in [6, 6.07) is 9.42. The molecule has 0 aliphatic rings. The van der Waals surface area contributed by atoms with Gasteiger partial charge in [-0.05, 0) is 36.2 Å². The molecule has 2 aromatic rings. The van der Waals surface area contributed by atoms with Gasteiger partial charge in [-0.3, -0.25) is 4.79 Å². The van der Waals surface area contributed by atoms with Crippen molar-refractivity contribution < 1.29 is 36.9 Å². The van der Waals surface area contributed by atoms with Crippen molar-refractivity contribution in [1.29, 1.82) is 0 Å². The van der Waals surface area contributed by atoms with Crippen LogP contribution in [-0.2, 0) is 11.2 Å². The molecule has 0 radical (unpaired) electrons. The van der Waals surface area contributed by atoms with Crippen LogP contribution in [0.3, 0.4) is 0 Å². The van der Waals surface area contributed by atoms with Gasteiger partial charge < -0.3 is 24.3 Å². The number of aryl methyl sites for hydroxylation is 1. The van der Waals surface area contributed by atoms with Crippen LogP contribution in [0.1, 0.15) is 12.0 Å². The van der Waals surface area contributed by atoms with E-state index >= 15 is 0 Å². The van der Waals surface area contributed by atoms with Gasteiger partial charge >= 0.3 is 6.18 Å². The van der Waals surface area contributed by atoms with Crippen LogP contribution >= 0.6 is 0 Å². The Kier molecular flexibility index (Phi) is 7.58. The van der Waals surface area contributed by atoms with Crippen LogP contribution in [0.5, 0.6) is 23.0 Å². The molecule has 1 amide bonds. The number of amides is 1. The smallest absolute Gasteiger partial charge is 0.422 e. The molecule has 0 spiro atoms. The summed E-state index contributed by atoms with van der Waals surface area (Å²) in [5.74, 6) is 0.952. The molecule has 0 saturated heterocycles. The zero-order valence-electron chi connectivity index (χ0n) is 16.3. The molecule has 2 aromatic carbocycles. The second kappa shape index (κ2) is 9.90. The Labute approximate surface area is 166 Å². The predicted octanol–water partition coefficient (Wildman–Crippen LogP) is 4.22. The minimum Gasteiger partial charge on any atom is -0.493 e. The lowest BCUT2D eigenvalue weighted by atomic mass is 10.1. The van der Waals surface area contributed by atoms with Gasteiger partial charge in [-0.15, -0.1) is 0 Å². The van der Waals surface area contributed by atoms with Crippen molar-refractivity contribution in [1.82, 2.24) is 0 Å². The van der Waals surface area contributed by atoms with Crippen molar-refractivity contribution in [3.63, 3.8) is 0 Å². The minimum absolute atomic E-state index is 0.0500. The number of alkyl halides is 3. The lowest BCUT2D eigenvalue weighted by Crippen LogP contribution is -2.20. The van der Waals surface area contributed by atoms with Gasteiger partial charge in [0.05, 0.1) is 27.0 Å². The highest BCUT2D eigenvalue weighted by Crippen LogP contribution is 2.38. The van der Waals surface area contributed by atoms with Crippen LogP contribution in [0.15, 0.2) is 36.4 Å². The third kappa shape index (κ3) is 6.48. The number of hydrogen-bond acceptors (Lipinski definition) is 5. The molecule has 0 bridgehead atoms. The van der Waals surface area contributed by atoms with Gasteiger partial charge in [0.2, 0.25) is 11.7 Å². The molecule has 0 aliphatic heterocycles. The summed E-state index contributed by atoms with van der Waals surface area (Å²) in [6.45, 7) is -1.44. The molecule has 0 aromatic heterocycles. The zero-order chi connectivity index (χ0) is 21.4. The van der Waals surface area contributed by atoms with Gasteiger partial charge in [0, 0.05) is 6.42 Å². The molecule has 0 atom stereocenters. The van der Waals surface area contributed by atoms with Gasteiger partial charge in [0.1, 0.15) is 5.75 Å². The van der Waals surface area contributed by atoms with Gasteiger partial charge in [-0.25, -0.2) is 0 Å². The number of methoxy groups -OCH3 is 3. The molecule has 0 aliphatic carbocycles. The second-order valence-electron chi connectivity index (χ2n) is 5.98. The summed E-state index contributed by atoms with van der Waals surface area (Å²) in [4.78, 5) is 12.3. The van der Waals surface area contributed by atoms with E-state index in [1.165, 1.54) is 39.5 Å². The van der Waals surface area contributed by atoms with Crippen LogP contribution in [0.25, 0.3) is 0 Å². The van der Waals surface area contributed by atoms with E-state index in [2.05, 4.69) is 5.32 Å². The Balaban J connectivity index is 2.04. The maximum absolute atomic E-state index is 12.4. The summed E-state index contributed by atoms with van der Waals surface area (Å²) in [6.07, 6.45) is -4.02. The van der Waals surface area contributed by atoms with Crippen molar-refractivity contribution in [2.75, 3.05) is 33.3 Å². The maximum Gasteiger partial charge on any atom is 0.422 e. The summed E-state index contributed by atoms with van der Waals surface area (Å²) >= 11 is 0. The van der Waals surface area contributed by atoms with E-state index in [1.807, 2.05) is 0 Å². The number of halogens is 3. The molecule has 9 heteroatoms. The van der Waals surface area contributed by atoms with Crippen molar-refractivity contribution in [3.8, 4) is 23.0 Å². The molecule has 0 fully saturated rings. The number of carbonyl (C=O) groups excluding carboxylic acids is 1. The van der Waals surface area contributed by atoms with Gasteiger partial charge in [0.25, 0.3) is 0 Å². The fraction of sp³-hybridized carbons (Fsp3) is 0.350. The highest BCUT2D eigenvalue weighted by atomic mass is 19.4. The topological polar surface area (TPSA) is 66.0 Å². The minimum atomic E-state index is -4.47. The monoisotopic (exact) mass is 413 g/mol. The fourth-order valence-corrected chi connectivity index (χ4v) is 2.61. The SMILES string of the molecule is COc1cc(CCC(=O)Nc2ccccc2OCC(F)(F)F)cc(OC)c1OC. The third-order valence-corrected chi connectivity index (χ3v) is 3.92. The van der Waals surface area contributed by atoms with Gasteiger partial charge in [-0.1, -0.05) is 12.1 Å². The van der Waals surface area contributed by atoms with E-state index in [0.717, 1.165) is 5.56 Å². The first-order chi connectivity index (χ1) is 13.8. The molecule has 2 rings (SSSR count). The summed E-state index contributed by atoms with van der Waals surface area (Å²) < 4.78 is 57.7. The van der Waals surface area contributed by atoms with E-state index in [4.69, 9.17) is 18.9 Å². The number of rotatable bonds is 9. The molecule has 0 heterocycles. The molecule has 0 saturated carbocycles. The van der Waals surface area contributed by atoms with Gasteiger partial charge in [0.15, 0.2) is 18.1 Å². The Bertz CT molecular complexity index is 814. The number of nitrogens with one attached hydrogen (secondary N) is 1. The number of anilines is 1. The quantitative estimate of drug-likeness (QED) is 0.667. The van der Waals surface area contributed by atoms with Crippen LogP contribution in [0.2, 0.25) is 0 Å². The number of hydrogen-bond donors (Lipinski definition) is 1. The zero-order valence-corrected chi connectivity index (χ0v) is 16.3. The van der Waals surface area contributed by atoms with E-state index < -0.39 is 12.8 Å². The van der Waals surface area contributed by atoms with E-state index in [0.29, 0.717) is 23.7 Å². The van der Waals surface area contributed by atoms with Crippen molar-refractivity contribution in [2.45, 2.75) is 19.0 Å². The van der Waals surface area contributed by atoms with E-state index in [1.54, 1.807) is 18.2 Å². The molecule has 158 valence electrons. The number of ether oxygens (including phenoxy) is 4. The Morgan fingerprint density at radius 1 is 0.966 bits per heavy atom. The van der Waals surface area contributed by atoms with E-state index in [-0.39, 0.29) is 23.8 Å². The van der Waals surface area contributed by atoms with Crippen molar-refractivity contribution in [2.24, 2.45) is 0 Å². The second-order valence-corrected chi connectivity index (χ2v) is 5.98. The van der Waals surface area contributed by atoms with Crippen LogP contribution < -0.4 is 24.3 Å². The molecule has 0 unspecified atom stereocenters. The predicted molar refractivity (Wildman–Crippen MR) is 101 cm³/mol. The number of carbonyl (C=O) groups is 1. The first-order valence-corrected chi connectivity index (χ1v) is 8.64. The van der Waals surface area contributed by atoms with Crippen molar-refractivity contribution >= 4 is 11.6 Å². The van der Waals surface area contributed by atoms with Crippen LogP contribution in [0, 0.1) is 0 Å². The summed E-state index contributed by atoms with van der Waals surface area (Å²) in [5.41, 5.74) is 0.947. The standard InChI is InChI=1S/C20H22F3NO5/c1-26-16-10-13(11-17(27-2)19(16)28-3)8-9-18(25)24-14-6-4-5-7-15(14)29-12-20(21,22)23/h4-7,10-11H,8-9,12H2,1-3H3,(H,24,25). The normalized spacial score (nSPS) is 11.0. The van der Waals surface area contributed by atoms with Crippen LogP contribution in [-0.4, -0.2) is 40.0 Å². The molecule has 29 heavy (non-hydrogen) atoms. The lowest BCUT2D eigenvalue weighted by molar-refractivity contribution is -0.153. The third-order valence-electron chi connectivity index (χ3n) is 3.92. The maximum atomic E-state index is 12.4. The molecular formula is C20H22F3NO5. The summed E-state index contributed by atoms with van der Waals surface area (Å²) in [7, 11) is 4.48. The van der Waals surface area contributed by atoms with Crippen LogP contribution in [0.4, 0.5) is 18.9 Å². The first-order valence-electron chi connectivity index (χ1n) is 8.64. The Morgan fingerprint density at radius 2 is 1.59 bits per heavy atom. The Morgan fingerprint density at radius 3 is 2.14 bits per heavy atom. The highest BCUT2D eigenvalue weighted by Gasteiger charge is 2.28. The average molecular weight is 413 g/mol. The molecule has 1 N–H and O–H groups in total. The lowest BCUT2D eigenvalue weighted by Gasteiger charge is -2.15. The number of benzene rings is 2. The highest BCUT2D eigenvalue weighted by molar-refractivity contribution is 5.92. The Hall–Kier alpha value is -3.10. The molecule has 6 nitrogen and oxygen atoms in total. The largest absolute Gasteiger partial charge is 0.493 e. The molecular weight excluding hydrogens is 391 g/mol. The van der Waals surface area contributed by atoms with E-state index in [9.17, 15) is 18.0 Å². The van der Waals surface area contributed by atoms with Gasteiger partial charge in [-0.2, -0.15) is 13.2 Å². The number of para-hydroxylation sites is 2. The fourth-order valence-electron chi connectivity index (χ4n) is 2.61. The van der Waals surface area contributed by atoms with Crippen molar-refractivity contribution in [3.05, 3.63) is 42.0 Å².